The SMILES string of the molecule is CC(=O)CN1CCCC(=O)N1C1CCC1. The van der Waals surface area contributed by atoms with E-state index in [2.05, 4.69) is 0 Å². The molecule has 1 saturated carbocycles. The van der Waals surface area contributed by atoms with Crippen LogP contribution in [0.2, 0.25) is 0 Å². The van der Waals surface area contributed by atoms with Crippen LogP contribution in [0.25, 0.3) is 0 Å². The summed E-state index contributed by atoms with van der Waals surface area (Å²) in [6.45, 7) is 2.82. The average Bonchev–Trinajstić information content (AvgIpc) is 2.06. The number of carbonyl (C=O) groups is 2. The van der Waals surface area contributed by atoms with E-state index < -0.39 is 0 Å². The van der Waals surface area contributed by atoms with E-state index in [1.54, 1.807) is 6.92 Å². The van der Waals surface area contributed by atoms with Crippen LogP contribution < -0.4 is 0 Å². The number of amides is 1. The Morgan fingerprint density at radius 2 is 2.13 bits per heavy atom. The second-order valence-electron chi connectivity index (χ2n) is 4.52. The largest absolute Gasteiger partial charge is 0.298 e. The van der Waals surface area contributed by atoms with Gasteiger partial charge in [-0.25, -0.2) is 5.01 Å². The van der Waals surface area contributed by atoms with Crippen LogP contribution in [0.5, 0.6) is 0 Å². The Bertz CT molecular complexity index is 274. The summed E-state index contributed by atoms with van der Waals surface area (Å²) in [5, 5.41) is 3.80. The predicted octanol–water partition coefficient (Wildman–Crippen LogP) is 0.967. The maximum Gasteiger partial charge on any atom is 0.237 e. The third kappa shape index (κ3) is 2.20. The van der Waals surface area contributed by atoms with E-state index in [1.165, 1.54) is 6.42 Å². The summed E-state index contributed by atoms with van der Waals surface area (Å²) in [6.07, 6.45) is 4.93. The van der Waals surface area contributed by atoms with Crippen molar-refractivity contribution in [1.29, 1.82) is 0 Å². The molecule has 0 bridgehead atoms. The summed E-state index contributed by atoms with van der Waals surface area (Å²) in [5.41, 5.74) is 0. The van der Waals surface area contributed by atoms with Gasteiger partial charge in [0.15, 0.2) is 0 Å². The highest BCUT2D eigenvalue weighted by Gasteiger charge is 2.35. The molecule has 0 atom stereocenters. The molecule has 2 rings (SSSR count). The van der Waals surface area contributed by atoms with E-state index >= 15 is 0 Å². The van der Waals surface area contributed by atoms with E-state index in [-0.39, 0.29) is 11.7 Å². The summed E-state index contributed by atoms with van der Waals surface area (Å²) < 4.78 is 0. The molecule has 0 aromatic rings. The van der Waals surface area contributed by atoms with E-state index in [0.717, 1.165) is 25.8 Å². The molecule has 0 aromatic heterocycles. The summed E-state index contributed by atoms with van der Waals surface area (Å²) in [5.74, 6) is 0.334. The van der Waals surface area contributed by atoms with E-state index in [4.69, 9.17) is 0 Å². The van der Waals surface area contributed by atoms with Crippen molar-refractivity contribution >= 4 is 11.7 Å². The zero-order chi connectivity index (χ0) is 10.8. The van der Waals surface area contributed by atoms with Crippen molar-refractivity contribution in [3.8, 4) is 0 Å². The average molecular weight is 210 g/mol. The first-order chi connectivity index (χ1) is 7.18. The molecule has 84 valence electrons. The molecule has 1 saturated heterocycles. The zero-order valence-corrected chi connectivity index (χ0v) is 9.24. The molecule has 0 radical (unpaired) electrons. The highest BCUT2D eigenvalue weighted by molar-refractivity contribution is 5.80. The molecule has 0 spiro atoms. The van der Waals surface area contributed by atoms with E-state index in [9.17, 15) is 9.59 Å². The Hall–Kier alpha value is -0.900. The topological polar surface area (TPSA) is 40.6 Å². The van der Waals surface area contributed by atoms with E-state index in [0.29, 0.717) is 19.0 Å². The highest BCUT2D eigenvalue weighted by Crippen LogP contribution is 2.28. The van der Waals surface area contributed by atoms with Gasteiger partial charge in [0, 0.05) is 19.0 Å². The normalized spacial score (nSPS) is 24.1. The van der Waals surface area contributed by atoms with Crippen LogP contribution in [0.15, 0.2) is 0 Å². The second-order valence-corrected chi connectivity index (χ2v) is 4.52. The number of Topliss-reactive ketones (excluding diaryl/α,β-unsaturated/α-hetero) is 1. The number of ketones is 1. The molecule has 4 heteroatoms. The van der Waals surface area contributed by atoms with Gasteiger partial charge in [-0.05, 0) is 32.6 Å². The van der Waals surface area contributed by atoms with Gasteiger partial charge in [0.05, 0.1) is 6.54 Å². The fraction of sp³-hybridized carbons (Fsp3) is 0.818. The fourth-order valence-electron chi connectivity index (χ4n) is 2.27. The van der Waals surface area contributed by atoms with Crippen LogP contribution in [-0.2, 0) is 9.59 Å². The molecule has 1 aliphatic heterocycles. The van der Waals surface area contributed by atoms with Gasteiger partial charge in [0.2, 0.25) is 5.91 Å². The monoisotopic (exact) mass is 210 g/mol. The van der Waals surface area contributed by atoms with Gasteiger partial charge in [-0.1, -0.05) is 0 Å². The first kappa shape index (κ1) is 10.6. The number of nitrogens with zero attached hydrogens (tertiary/aromatic N) is 2. The predicted molar refractivity (Wildman–Crippen MR) is 56.0 cm³/mol. The van der Waals surface area contributed by atoms with Gasteiger partial charge < -0.3 is 0 Å². The number of hydrazine groups is 1. The van der Waals surface area contributed by atoms with Crippen molar-refractivity contribution in [1.82, 2.24) is 10.0 Å². The number of hydrogen-bond donors (Lipinski definition) is 0. The van der Waals surface area contributed by atoms with Gasteiger partial charge in [-0.3, -0.25) is 14.6 Å². The second kappa shape index (κ2) is 4.31. The minimum atomic E-state index is 0.133. The van der Waals surface area contributed by atoms with Gasteiger partial charge in [-0.2, -0.15) is 0 Å². The standard InChI is InChI=1S/C11H18N2O2/c1-9(14)8-12-7-3-6-11(15)13(12)10-4-2-5-10/h10H,2-8H2,1H3. The molecule has 1 heterocycles. The molecule has 15 heavy (non-hydrogen) atoms. The number of hydrogen-bond acceptors (Lipinski definition) is 3. The molecule has 2 aliphatic rings. The van der Waals surface area contributed by atoms with Gasteiger partial charge >= 0.3 is 0 Å². The third-order valence-electron chi connectivity index (χ3n) is 3.19. The molecule has 1 aliphatic carbocycles. The summed E-state index contributed by atoms with van der Waals surface area (Å²) in [7, 11) is 0. The zero-order valence-electron chi connectivity index (χ0n) is 9.24. The Morgan fingerprint density at radius 3 is 2.67 bits per heavy atom. The molecule has 0 unspecified atom stereocenters. The van der Waals surface area contributed by atoms with Crippen molar-refractivity contribution in [3.63, 3.8) is 0 Å². The van der Waals surface area contributed by atoms with Crippen LogP contribution in [0.4, 0.5) is 0 Å². The Morgan fingerprint density at radius 1 is 1.40 bits per heavy atom. The van der Waals surface area contributed by atoms with Crippen molar-refractivity contribution in [3.05, 3.63) is 0 Å². The molecule has 4 nitrogen and oxygen atoms in total. The lowest BCUT2D eigenvalue weighted by molar-refractivity contribution is -0.168. The molecule has 0 aromatic carbocycles. The van der Waals surface area contributed by atoms with E-state index in [1.807, 2.05) is 10.0 Å². The van der Waals surface area contributed by atoms with Crippen molar-refractivity contribution in [2.75, 3.05) is 13.1 Å². The van der Waals surface area contributed by atoms with Crippen molar-refractivity contribution in [2.45, 2.75) is 45.1 Å². The quantitative estimate of drug-likeness (QED) is 0.697. The summed E-state index contributed by atoms with van der Waals surface area (Å²) >= 11 is 0. The van der Waals surface area contributed by atoms with Crippen molar-refractivity contribution < 1.29 is 9.59 Å². The maximum absolute atomic E-state index is 11.8. The Balaban J connectivity index is 2.04. The lowest BCUT2D eigenvalue weighted by atomic mass is 9.91. The smallest absolute Gasteiger partial charge is 0.237 e. The number of carbonyl (C=O) groups excluding carboxylic acids is 2. The third-order valence-corrected chi connectivity index (χ3v) is 3.19. The lowest BCUT2D eigenvalue weighted by Crippen LogP contribution is -2.58. The summed E-state index contributed by atoms with van der Waals surface area (Å²) in [6, 6.07) is 0.372. The molecular formula is C11H18N2O2. The fourth-order valence-corrected chi connectivity index (χ4v) is 2.27. The van der Waals surface area contributed by atoms with Gasteiger partial charge in [0.1, 0.15) is 5.78 Å². The molecule has 0 N–H and O–H groups in total. The molecule has 2 fully saturated rings. The maximum atomic E-state index is 11.8. The molecule has 1 amide bonds. The first-order valence-electron chi connectivity index (χ1n) is 5.75. The van der Waals surface area contributed by atoms with Crippen LogP contribution in [0, 0.1) is 0 Å². The minimum absolute atomic E-state index is 0.133. The Kier molecular flexibility index (Phi) is 3.05. The lowest BCUT2D eigenvalue weighted by Gasteiger charge is -2.46. The number of rotatable bonds is 3. The molecular weight excluding hydrogens is 192 g/mol. The highest BCUT2D eigenvalue weighted by atomic mass is 16.2. The first-order valence-corrected chi connectivity index (χ1v) is 5.75. The van der Waals surface area contributed by atoms with Crippen LogP contribution in [0.3, 0.4) is 0 Å². The van der Waals surface area contributed by atoms with Crippen LogP contribution in [0.1, 0.15) is 39.0 Å². The summed E-state index contributed by atoms with van der Waals surface area (Å²) in [4.78, 5) is 22.9. The minimum Gasteiger partial charge on any atom is -0.298 e. The van der Waals surface area contributed by atoms with Crippen molar-refractivity contribution in [2.24, 2.45) is 0 Å². The Labute approximate surface area is 90.2 Å². The van der Waals surface area contributed by atoms with Crippen LogP contribution >= 0.6 is 0 Å². The van der Waals surface area contributed by atoms with Gasteiger partial charge in [-0.15, -0.1) is 0 Å². The van der Waals surface area contributed by atoms with Gasteiger partial charge in [0.25, 0.3) is 0 Å². The van der Waals surface area contributed by atoms with Crippen LogP contribution in [-0.4, -0.2) is 40.8 Å².